The third kappa shape index (κ3) is 4.58. The molecule has 1 aromatic rings. The molecular formula is C11H21N5OS. The summed E-state index contributed by atoms with van der Waals surface area (Å²) >= 11 is 0. The molecule has 1 atom stereocenters. The van der Waals surface area contributed by atoms with Crippen LogP contribution in [0, 0.1) is 0 Å². The Bertz CT molecular complexity index is 410. The molecule has 0 saturated heterocycles. The Morgan fingerprint density at radius 3 is 2.61 bits per heavy atom. The molecule has 7 heteroatoms. The lowest BCUT2D eigenvalue weighted by molar-refractivity contribution is 0.684. The fourth-order valence-corrected chi connectivity index (χ4v) is 1.94. The molecule has 102 valence electrons. The van der Waals surface area contributed by atoms with E-state index < -0.39 is 10.8 Å². The maximum Gasteiger partial charge on any atom is 0.145 e. The highest BCUT2D eigenvalue weighted by Gasteiger charge is 2.07. The minimum Gasteiger partial charge on any atom is -0.369 e. The molecule has 18 heavy (non-hydrogen) atoms. The molecule has 1 rings (SSSR count). The normalized spacial score (nSPS) is 12.5. The second-order valence-electron chi connectivity index (χ2n) is 4.16. The summed E-state index contributed by atoms with van der Waals surface area (Å²) in [7, 11) is -0.768. The Balaban J connectivity index is 2.69. The maximum absolute atomic E-state index is 11.3. The molecule has 1 aromatic heterocycles. The lowest BCUT2D eigenvalue weighted by atomic mass is 10.2. The van der Waals surface area contributed by atoms with Crippen LogP contribution in [-0.4, -0.2) is 32.2 Å². The Hall–Kier alpha value is -1.21. The van der Waals surface area contributed by atoms with E-state index in [1.54, 1.807) is 6.07 Å². The van der Waals surface area contributed by atoms with Gasteiger partial charge in [-0.05, 0) is 0 Å². The van der Waals surface area contributed by atoms with Gasteiger partial charge in [-0.3, -0.25) is 4.21 Å². The van der Waals surface area contributed by atoms with E-state index in [2.05, 4.69) is 20.7 Å². The van der Waals surface area contributed by atoms with Gasteiger partial charge in [0.15, 0.2) is 0 Å². The van der Waals surface area contributed by atoms with Gasteiger partial charge in [0.05, 0.1) is 0 Å². The minimum absolute atomic E-state index is 0.226. The van der Waals surface area contributed by atoms with Crippen LogP contribution >= 0.6 is 0 Å². The van der Waals surface area contributed by atoms with Gasteiger partial charge in [-0.1, -0.05) is 20.8 Å². The Labute approximate surface area is 110 Å². The van der Waals surface area contributed by atoms with E-state index in [9.17, 15) is 4.21 Å². The summed E-state index contributed by atoms with van der Waals surface area (Å²) < 4.78 is 11.3. The van der Waals surface area contributed by atoms with Gasteiger partial charge < -0.3 is 10.7 Å². The van der Waals surface area contributed by atoms with Gasteiger partial charge in [-0.25, -0.2) is 15.8 Å². The number of hydrogen-bond acceptors (Lipinski definition) is 6. The van der Waals surface area contributed by atoms with E-state index in [1.165, 1.54) is 0 Å². The van der Waals surface area contributed by atoms with Crippen molar-refractivity contribution in [2.45, 2.75) is 26.7 Å². The number of hydrogen-bond donors (Lipinski definition) is 3. The van der Waals surface area contributed by atoms with Crippen LogP contribution in [0.3, 0.4) is 0 Å². The highest BCUT2D eigenvalue weighted by atomic mass is 32.2. The summed E-state index contributed by atoms with van der Waals surface area (Å²) in [5.41, 5.74) is 2.52. The van der Waals surface area contributed by atoms with Crippen LogP contribution in [0.5, 0.6) is 0 Å². The SMILES string of the molecule is CCS(=O)CCNc1cc(NN)nc(C(C)C)n1. The average Bonchev–Trinajstić information content (AvgIpc) is 2.37. The molecule has 0 aromatic carbocycles. The first-order valence-corrected chi connectivity index (χ1v) is 7.50. The standard InChI is InChI=1S/C11H21N5OS/c1-4-18(17)6-5-13-9-7-10(16-12)15-11(14-9)8(2)3/h7-8H,4-6,12H2,1-3H3,(H2,13,14,15,16). The van der Waals surface area contributed by atoms with Crippen LogP contribution in [0.15, 0.2) is 6.07 Å². The van der Waals surface area contributed by atoms with Crippen molar-refractivity contribution in [3.63, 3.8) is 0 Å². The average molecular weight is 271 g/mol. The highest BCUT2D eigenvalue weighted by molar-refractivity contribution is 7.84. The first kappa shape index (κ1) is 14.8. The third-order valence-electron chi connectivity index (χ3n) is 2.37. The van der Waals surface area contributed by atoms with E-state index in [0.717, 1.165) is 5.82 Å². The summed E-state index contributed by atoms with van der Waals surface area (Å²) in [4.78, 5) is 8.65. The molecule has 6 nitrogen and oxygen atoms in total. The predicted molar refractivity (Wildman–Crippen MR) is 76.0 cm³/mol. The summed E-state index contributed by atoms with van der Waals surface area (Å²) in [5.74, 6) is 8.89. The van der Waals surface area contributed by atoms with Crippen molar-refractivity contribution in [2.75, 3.05) is 28.8 Å². The molecule has 1 unspecified atom stereocenters. The molecule has 1 heterocycles. The maximum atomic E-state index is 11.3. The number of nitrogens with zero attached hydrogens (tertiary/aromatic N) is 2. The van der Waals surface area contributed by atoms with Crippen molar-refractivity contribution in [3.05, 3.63) is 11.9 Å². The first-order valence-electron chi connectivity index (χ1n) is 6.01. The van der Waals surface area contributed by atoms with Crippen LogP contribution in [0.2, 0.25) is 0 Å². The lowest BCUT2D eigenvalue weighted by Crippen LogP contribution is -2.16. The fraction of sp³-hybridized carbons (Fsp3) is 0.636. The van der Waals surface area contributed by atoms with E-state index in [0.29, 0.717) is 29.7 Å². The van der Waals surface area contributed by atoms with Crippen molar-refractivity contribution in [2.24, 2.45) is 5.84 Å². The zero-order chi connectivity index (χ0) is 13.5. The minimum atomic E-state index is -0.768. The molecule has 0 aliphatic heterocycles. The van der Waals surface area contributed by atoms with Gasteiger partial charge in [-0.15, -0.1) is 0 Å². The Morgan fingerprint density at radius 2 is 2.06 bits per heavy atom. The van der Waals surface area contributed by atoms with E-state index in [-0.39, 0.29) is 5.92 Å². The van der Waals surface area contributed by atoms with Crippen LogP contribution in [0.4, 0.5) is 11.6 Å². The number of hydrazine groups is 1. The second-order valence-corrected chi connectivity index (χ2v) is 6.02. The van der Waals surface area contributed by atoms with Crippen molar-refractivity contribution >= 4 is 22.4 Å². The van der Waals surface area contributed by atoms with Gasteiger partial charge in [0.2, 0.25) is 0 Å². The van der Waals surface area contributed by atoms with Gasteiger partial charge in [0.1, 0.15) is 17.5 Å². The Kier molecular flexibility index (Phi) is 6.00. The number of nitrogens with two attached hydrogens (primary N) is 1. The third-order valence-corrected chi connectivity index (χ3v) is 3.67. The van der Waals surface area contributed by atoms with E-state index in [1.807, 2.05) is 20.8 Å². The molecule has 0 radical (unpaired) electrons. The first-order chi connectivity index (χ1) is 8.56. The second kappa shape index (κ2) is 7.27. The molecule has 0 spiro atoms. The summed E-state index contributed by atoms with van der Waals surface area (Å²) in [6, 6.07) is 1.74. The molecule has 0 amide bonds. The zero-order valence-electron chi connectivity index (χ0n) is 11.1. The summed E-state index contributed by atoms with van der Waals surface area (Å²) in [6.45, 7) is 6.57. The van der Waals surface area contributed by atoms with Crippen molar-refractivity contribution < 1.29 is 4.21 Å². The van der Waals surface area contributed by atoms with Crippen molar-refractivity contribution in [1.82, 2.24) is 9.97 Å². The number of rotatable bonds is 7. The molecule has 0 saturated carbocycles. The fourth-order valence-electron chi connectivity index (χ4n) is 1.33. The molecule has 0 aliphatic carbocycles. The van der Waals surface area contributed by atoms with Gasteiger partial charge in [-0.2, -0.15) is 0 Å². The predicted octanol–water partition coefficient (Wildman–Crippen LogP) is 1.07. The number of nitrogens with one attached hydrogen (secondary N) is 2. The zero-order valence-corrected chi connectivity index (χ0v) is 11.9. The molecule has 0 bridgehead atoms. The van der Waals surface area contributed by atoms with Crippen molar-refractivity contribution in [3.8, 4) is 0 Å². The summed E-state index contributed by atoms with van der Waals surface area (Å²) in [5, 5.41) is 3.14. The Morgan fingerprint density at radius 1 is 1.39 bits per heavy atom. The smallest absolute Gasteiger partial charge is 0.145 e. The molecule has 0 fully saturated rings. The van der Waals surface area contributed by atoms with Crippen LogP contribution in [-0.2, 0) is 10.8 Å². The quantitative estimate of drug-likeness (QED) is 0.507. The number of aromatic nitrogens is 2. The highest BCUT2D eigenvalue weighted by Crippen LogP contribution is 2.16. The monoisotopic (exact) mass is 271 g/mol. The molecule has 0 aliphatic rings. The van der Waals surface area contributed by atoms with Crippen LogP contribution < -0.4 is 16.6 Å². The lowest BCUT2D eigenvalue weighted by Gasteiger charge is -2.11. The number of anilines is 2. The van der Waals surface area contributed by atoms with Crippen molar-refractivity contribution in [1.29, 1.82) is 0 Å². The van der Waals surface area contributed by atoms with Crippen LogP contribution in [0.1, 0.15) is 32.5 Å². The van der Waals surface area contributed by atoms with Gasteiger partial charge in [0.25, 0.3) is 0 Å². The topological polar surface area (TPSA) is 92.9 Å². The van der Waals surface area contributed by atoms with E-state index in [4.69, 9.17) is 5.84 Å². The van der Waals surface area contributed by atoms with Crippen LogP contribution in [0.25, 0.3) is 0 Å². The largest absolute Gasteiger partial charge is 0.369 e. The van der Waals surface area contributed by atoms with Gasteiger partial charge >= 0.3 is 0 Å². The molecule has 4 N–H and O–H groups in total. The summed E-state index contributed by atoms with van der Waals surface area (Å²) in [6.07, 6.45) is 0. The van der Waals surface area contributed by atoms with E-state index >= 15 is 0 Å². The number of nitrogen functional groups attached to an aromatic ring is 1. The van der Waals surface area contributed by atoms with Gasteiger partial charge in [0, 0.05) is 40.8 Å². The molecular weight excluding hydrogens is 250 g/mol.